The Morgan fingerprint density at radius 1 is 1.12 bits per heavy atom. The molecule has 2 aliphatic rings. The van der Waals surface area contributed by atoms with Gasteiger partial charge in [0.2, 0.25) is 5.91 Å². The number of aromatic nitrogens is 1. The van der Waals surface area contributed by atoms with Crippen molar-refractivity contribution in [2.24, 2.45) is 11.8 Å². The van der Waals surface area contributed by atoms with Crippen LogP contribution in [0.5, 0.6) is 0 Å². The van der Waals surface area contributed by atoms with Crippen molar-refractivity contribution in [3.63, 3.8) is 0 Å². The molecule has 1 aromatic rings. The number of nitrogens with zero attached hydrogens (tertiary/aromatic N) is 4. The number of piperidine rings is 1. The van der Waals surface area contributed by atoms with E-state index in [0.717, 1.165) is 31.7 Å². The fourth-order valence-corrected chi connectivity index (χ4v) is 3.71. The number of likely N-dealkylation sites (N-methyl/N-ethyl adjacent to an activating group) is 1. The molecule has 0 bridgehead atoms. The van der Waals surface area contributed by atoms with Crippen molar-refractivity contribution in [1.82, 2.24) is 19.7 Å². The highest BCUT2D eigenvalue weighted by molar-refractivity contribution is 5.80. The number of hydrogen-bond donors (Lipinski definition) is 1. The Morgan fingerprint density at radius 2 is 1.76 bits per heavy atom. The first-order valence-corrected chi connectivity index (χ1v) is 8.84. The van der Waals surface area contributed by atoms with Crippen molar-refractivity contribution in [2.75, 3.05) is 46.3 Å². The van der Waals surface area contributed by atoms with Crippen molar-refractivity contribution in [2.45, 2.75) is 13.0 Å². The summed E-state index contributed by atoms with van der Waals surface area (Å²) in [5.41, 5.74) is 1.09. The first kappa shape index (κ1) is 17.8. The zero-order chi connectivity index (χ0) is 17.8. The molecule has 1 amide bonds. The van der Waals surface area contributed by atoms with E-state index >= 15 is 0 Å². The maximum atomic E-state index is 12.9. The van der Waals surface area contributed by atoms with E-state index in [2.05, 4.69) is 21.8 Å². The van der Waals surface area contributed by atoms with Gasteiger partial charge in [-0.05, 0) is 31.2 Å². The average molecular weight is 346 g/mol. The Labute approximate surface area is 148 Å². The van der Waals surface area contributed by atoms with Gasteiger partial charge in [0.15, 0.2) is 0 Å². The molecule has 2 aliphatic heterocycles. The summed E-state index contributed by atoms with van der Waals surface area (Å²) in [6.45, 7) is 4.98. The summed E-state index contributed by atoms with van der Waals surface area (Å²) in [7, 11) is 2.05. The van der Waals surface area contributed by atoms with Crippen LogP contribution in [0.25, 0.3) is 0 Å². The molecule has 0 aromatic carbocycles. The molecular formula is C18H26N4O3. The summed E-state index contributed by atoms with van der Waals surface area (Å²) < 4.78 is 0. The van der Waals surface area contributed by atoms with E-state index < -0.39 is 11.9 Å². The molecule has 0 aliphatic carbocycles. The summed E-state index contributed by atoms with van der Waals surface area (Å²) in [6, 6.07) is 3.86. The van der Waals surface area contributed by atoms with Crippen molar-refractivity contribution in [3.8, 4) is 0 Å². The predicted molar refractivity (Wildman–Crippen MR) is 92.8 cm³/mol. The number of rotatable bonds is 4. The highest BCUT2D eigenvalue weighted by Gasteiger charge is 2.37. The normalized spacial score (nSPS) is 25.7. The smallest absolute Gasteiger partial charge is 0.307 e. The van der Waals surface area contributed by atoms with Gasteiger partial charge in [-0.1, -0.05) is 0 Å². The lowest BCUT2D eigenvalue weighted by molar-refractivity contribution is -0.148. The second-order valence-corrected chi connectivity index (χ2v) is 7.15. The van der Waals surface area contributed by atoms with E-state index in [-0.39, 0.29) is 11.8 Å². The van der Waals surface area contributed by atoms with Crippen molar-refractivity contribution < 1.29 is 14.7 Å². The second kappa shape index (κ2) is 7.93. The number of carboxylic acids is 1. The Balaban J connectivity index is 1.67. The van der Waals surface area contributed by atoms with Crippen LogP contribution >= 0.6 is 0 Å². The molecule has 1 N–H and O–H groups in total. The molecule has 136 valence electrons. The first-order valence-electron chi connectivity index (χ1n) is 8.84. The third-order valence-corrected chi connectivity index (χ3v) is 5.20. The molecule has 0 unspecified atom stereocenters. The van der Waals surface area contributed by atoms with E-state index in [1.165, 1.54) is 0 Å². The number of aliphatic carboxylic acids is 1. The number of carboxylic acid groups (broad SMARTS) is 1. The number of likely N-dealkylation sites (tertiary alicyclic amines) is 1. The fraction of sp³-hybridized carbons (Fsp3) is 0.611. The molecule has 2 fully saturated rings. The molecule has 3 heterocycles. The van der Waals surface area contributed by atoms with Crippen molar-refractivity contribution in [3.05, 3.63) is 30.1 Å². The minimum absolute atomic E-state index is 0.110. The van der Waals surface area contributed by atoms with Crippen LogP contribution in [-0.2, 0) is 16.1 Å². The summed E-state index contributed by atoms with van der Waals surface area (Å²) >= 11 is 0. The highest BCUT2D eigenvalue weighted by atomic mass is 16.4. The third kappa shape index (κ3) is 4.55. The SMILES string of the molecule is CN1CCN(C(=O)[C@H]2C[C@@H](C(=O)O)CN(Cc3ccncc3)C2)CC1. The lowest BCUT2D eigenvalue weighted by atomic mass is 9.87. The summed E-state index contributed by atoms with van der Waals surface area (Å²) in [4.78, 5) is 34.7. The summed E-state index contributed by atoms with van der Waals surface area (Å²) in [5.74, 6) is -1.42. The van der Waals surface area contributed by atoms with E-state index in [1.54, 1.807) is 12.4 Å². The number of pyridine rings is 1. The number of amides is 1. The molecule has 0 saturated carbocycles. The zero-order valence-electron chi connectivity index (χ0n) is 14.7. The summed E-state index contributed by atoms with van der Waals surface area (Å²) in [5, 5.41) is 9.50. The average Bonchev–Trinajstić information content (AvgIpc) is 2.62. The quantitative estimate of drug-likeness (QED) is 0.849. The fourth-order valence-electron chi connectivity index (χ4n) is 3.71. The lowest BCUT2D eigenvalue weighted by Gasteiger charge is -2.39. The van der Waals surface area contributed by atoms with Crippen LogP contribution in [0.3, 0.4) is 0 Å². The minimum Gasteiger partial charge on any atom is -0.481 e. The van der Waals surface area contributed by atoms with Gasteiger partial charge in [0.25, 0.3) is 0 Å². The maximum Gasteiger partial charge on any atom is 0.307 e. The van der Waals surface area contributed by atoms with Gasteiger partial charge in [-0.2, -0.15) is 0 Å². The minimum atomic E-state index is -0.810. The lowest BCUT2D eigenvalue weighted by Crippen LogP contribution is -2.53. The van der Waals surface area contributed by atoms with Gasteiger partial charge in [0.05, 0.1) is 11.8 Å². The molecular weight excluding hydrogens is 320 g/mol. The monoisotopic (exact) mass is 346 g/mol. The van der Waals surface area contributed by atoms with Gasteiger partial charge in [-0.25, -0.2) is 0 Å². The van der Waals surface area contributed by atoms with Crippen molar-refractivity contribution in [1.29, 1.82) is 0 Å². The second-order valence-electron chi connectivity index (χ2n) is 7.15. The van der Waals surface area contributed by atoms with E-state index in [0.29, 0.717) is 26.1 Å². The molecule has 25 heavy (non-hydrogen) atoms. The molecule has 2 atom stereocenters. The molecule has 0 radical (unpaired) electrons. The molecule has 7 heteroatoms. The number of carbonyl (C=O) groups is 2. The van der Waals surface area contributed by atoms with Gasteiger partial charge in [-0.15, -0.1) is 0 Å². The predicted octanol–water partition coefficient (Wildman–Crippen LogP) is 0.378. The van der Waals surface area contributed by atoms with E-state index in [4.69, 9.17) is 0 Å². The van der Waals surface area contributed by atoms with Crippen molar-refractivity contribution >= 4 is 11.9 Å². The van der Waals surface area contributed by atoms with Gasteiger partial charge in [0.1, 0.15) is 0 Å². The molecule has 2 saturated heterocycles. The Hall–Kier alpha value is -1.99. The van der Waals surface area contributed by atoms with Crippen LogP contribution in [0.4, 0.5) is 0 Å². The van der Waals surface area contributed by atoms with Gasteiger partial charge in [-0.3, -0.25) is 19.5 Å². The van der Waals surface area contributed by atoms with Crippen LogP contribution in [-0.4, -0.2) is 83.0 Å². The van der Waals surface area contributed by atoms with Crippen LogP contribution in [0.1, 0.15) is 12.0 Å². The van der Waals surface area contributed by atoms with Crippen LogP contribution in [0.15, 0.2) is 24.5 Å². The molecule has 1 aromatic heterocycles. The highest BCUT2D eigenvalue weighted by Crippen LogP contribution is 2.25. The molecule has 7 nitrogen and oxygen atoms in total. The van der Waals surface area contributed by atoms with E-state index in [1.807, 2.05) is 17.0 Å². The largest absolute Gasteiger partial charge is 0.481 e. The zero-order valence-corrected chi connectivity index (χ0v) is 14.7. The topological polar surface area (TPSA) is 77.0 Å². The number of hydrogen-bond acceptors (Lipinski definition) is 5. The van der Waals surface area contributed by atoms with Gasteiger partial charge in [0, 0.05) is 58.2 Å². The maximum absolute atomic E-state index is 12.9. The summed E-state index contributed by atoms with van der Waals surface area (Å²) in [6.07, 6.45) is 3.91. The van der Waals surface area contributed by atoms with Gasteiger partial charge < -0.3 is 14.9 Å². The molecule has 3 rings (SSSR count). The standard InChI is InChI=1S/C18H26N4O3/c1-20-6-8-22(9-7-20)17(23)15-10-16(18(24)25)13-21(12-15)11-14-2-4-19-5-3-14/h2-5,15-16H,6-13H2,1H3,(H,24,25)/t15-,16+/m0/s1. The number of carbonyl (C=O) groups excluding carboxylic acids is 1. The van der Waals surface area contributed by atoms with E-state index in [9.17, 15) is 14.7 Å². The van der Waals surface area contributed by atoms with Crippen LogP contribution in [0.2, 0.25) is 0 Å². The van der Waals surface area contributed by atoms with Crippen LogP contribution < -0.4 is 0 Å². The van der Waals surface area contributed by atoms with Gasteiger partial charge >= 0.3 is 5.97 Å². The Kier molecular flexibility index (Phi) is 5.65. The van der Waals surface area contributed by atoms with Crippen LogP contribution in [0, 0.1) is 11.8 Å². The first-order chi connectivity index (χ1) is 12.0. The molecule has 0 spiro atoms. The Morgan fingerprint density at radius 3 is 2.40 bits per heavy atom. The number of piperazine rings is 1. The Bertz CT molecular complexity index is 602. The third-order valence-electron chi connectivity index (χ3n) is 5.20.